The molecule has 1 aromatic rings. The van der Waals surface area contributed by atoms with Gasteiger partial charge in [-0.1, -0.05) is 6.07 Å². The summed E-state index contributed by atoms with van der Waals surface area (Å²) in [6, 6.07) is 4.56. The number of carbonyl (C=O) groups excluding carboxylic acids is 1. The molecule has 21 heavy (non-hydrogen) atoms. The Hall–Kier alpha value is -1.95. The van der Waals surface area contributed by atoms with Crippen LogP contribution in [0, 0.1) is 23.0 Å². The second-order valence-electron chi connectivity index (χ2n) is 5.75. The minimum atomic E-state index is -0.474. The highest BCUT2D eigenvalue weighted by atomic mass is 16.6. The Bertz CT molecular complexity index is 549. The number of amides is 1. The van der Waals surface area contributed by atoms with Gasteiger partial charge in [0.1, 0.15) is 0 Å². The van der Waals surface area contributed by atoms with E-state index in [1.54, 1.807) is 17.9 Å². The number of likely N-dealkylation sites (tertiary alicyclic amines) is 1. The molecule has 1 saturated heterocycles. The van der Waals surface area contributed by atoms with E-state index in [1.165, 1.54) is 12.1 Å². The molecule has 6 nitrogen and oxygen atoms in total. The summed E-state index contributed by atoms with van der Waals surface area (Å²) >= 11 is 0. The van der Waals surface area contributed by atoms with Gasteiger partial charge in [-0.2, -0.15) is 0 Å². The number of nitrogens with two attached hydrogens (primary N) is 1. The Balaban J connectivity index is 2.14. The highest BCUT2D eigenvalue weighted by Crippen LogP contribution is 2.23. The second-order valence-corrected chi connectivity index (χ2v) is 5.75. The zero-order chi connectivity index (χ0) is 15.6. The molecule has 1 atom stereocenters. The summed E-state index contributed by atoms with van der Waals surface area (Å²) in [7, 11) is 0. The molecule has 6 heteroatoms. The van der Waals surface area contributed by atoms with E-state index >= 15 is 0 Å². The fourth-order valence-electron chi connectivity index (χ4n) is 2.75. The number of hydrogen-bond acceptors (Lipinski definition) is 4. The number of hydrogen-bond donors (Lipinski definition) is 1. The minimum Gasteiger partial charge on any atom is -0.339 e. The molecule has 0 bridgehead atoms. The Labute approximate surface area is 124 Å². The number of nitrogens with zero attached hydrogens (tertiary/aromatic N) is 2. The largest absolute Gasteiger partial charge is 0.339 e. The average Bonchev–Trinajstić information content (AvgIpc) is 2.47. The Morgan fingerprint density at radius 1 is 1.43 bits per heavy atom. The molecule has 1 unspecified atom stereocenters. The van der Waals surface area contributed by atoms with Crippen molar-refractivity contribution in [1.82, 2.24) is 4.90 Å². The zero-order valence-corrected chi connectivity index (χ0v) is 12.4. The van der Waals surface area contributed by atoms with Gasteiger partial charge in [-0.25, -0.2) is 0 Å². The van der Waals surface area contributed by atoms with Gasteiger partial charge in [-0.3, -0.25) is 14.9 Å². The van der Waals surface area contributed by atoms with Gasteiger partial charge in [-0.15, -0.1) is 0 Å². The third-order valence-corrected chi connectivity index (χ3v) is 4.23. The van der Waals surface area contributed by atoms with E-state index < -0.39 is 4.92 Å². The first kappa shape index (κ1) is 15.4. The topological polar surface area (TPSA) is 89.5 Å². The van der Waals surface area contributed by atoms with E-state index in [0.717, 1.165) is 18.4 Å². The van der Waals surface area contributed by atoms with Crippen LogP contribution in [-0.2, 0) is 0 Å². The molecular formula is C15H21N3O3. The number of aryl methyl sites for hydroxylation is 1. The molecule has 1 amide bonds. The number of piperidine rings is 1. The van der Waals surface area contributed by atoms with E-state index in [4.69, 9.17) is 5.73 Å². The summed E-state index contributed by atoms with van der Waals surface area (Å²) in [4.78, 5) is 24.7. The van der Waals surface area contributed by atoms with E-state index in [9.17, 15) is 14.9 Å². The normalized spacial score (nSPS) is 17.6. The lowest BCUT2D eigenvalue weighted by Crippen LogP contribution is -2.42. The van der Waals surface area contributed by atoms with Crippen LogP contribution in [0.1, 0.15) is 35.7 Å². The SMILES string of the molecule is Cc1ccc([N+](=O)[O-])cc1C(=O)N1CCC(C(C)N)CC1. The smallest absolute Gasteiger partial charge is 0.270 e. The Morgan fingerprint density at radius 3 is 2.57 bits per heavy atom. The highest BCUT2D eigenvalue weighted by Gasteiger charge is 2.26. The third-order valence-electron chi connectivity index (χ3n) is 4.23. The molecule has 0 aliphatic carbocycles. The standard InChI is InChI=1S/C15H21N3O3/c1-10-3-4-13(18(20)21)9-14(10)15(19)17-7-5-12(6-8-17)11(2)16/h3-4,9,11-12H,5-8,16H2,1-2H3. The van der Waals surface area contributed by atoms with Crippen molar-refractivity contribution < 1.29 is 9.72 Å². The number of carbonyl (C=O) groups is 1. The van der Waals surface area contributed by atoms with E-state index in [1.807, 2.05) is 6.92 Å². The van der Waals surface area contributed by atoms with Crippen LogP contribution in [0.15, 0.2) is 18.2 Å². The van der Waals surface area contributed by atoms with Crippen molar-refractivity contribution in [1.29, 1.82) is 0 Å². The first-order valence-electron chi connectivity index (χ1n) is 7.20. The van der Waals surface area contributed by atoms with Crippen LogP contribution in [0.4, 0.5) is 5.69 Å². The van der Waals surface area contributed by atoms with E-state index in [2.05, 4.69) is 0 Å². The molecule has 1 aromatic carbocycles. The second kappa shape index (κ2) is 6.22. The van der Waals surface area contributed by atoms with E-state index in [0.29, 0.717) is 24.6 Å². The van der Waals surface area contributed by atoms with Crippen LogP contribution in [-0.4, -0.2) is 34.9 Å². The maximum absolute atomic E-state index is 12.5. The van der Waals surface area contributed by atoms with Gasteiger partial charge in [0.15, 0.2) is 0 Å². The Morgan fingerprint density at radius 2 is 2.05 bits per heavy atom. The summed E-state index contributed by atoms with van der Waals surface area (Å²) in [6.07, 6.45) is 1.77. The number of benzene rings is 1. The molecule has 1 aliphatic rings. The van der Waals surface area contributed by atoms with Crippen molar-refractivity contribution in [3.05, 3.63) is 39.4 Å². The highest BCUT2D eigenvalue weighted by molar-refractivity contribution is 5.96. The lowest BCUT2D eigenvalue weighted by molar-refractivity contribution is -0.384. The van der Waals surface area contributed by atoms with Gasteiger partial charge in [0.25, 0.3) is 11.6 Å². The first-order valence-corrected chi connectivity index (χ1v) is 7.20. The summed E-state index contributed by atoms with van der Waals surface area (Å²) in [5.41, 5.74) is 7.04. The van der Waals surface area contributed by atoms with Crippen molar-refractivity contribution in [3.8, 4) is 0 Å². The van der Waals surface area contributed by atoms with Gasteiger partial charge in [-0.05, 0) is 38.2 Å². The Kier molecular flexibility index (Phi) is 4.57. The van der Waals surface area contributed by atoms with Gasteiger partial charge < -0.3 is 10.6 Å². The third kappa shape index (κ3) is 3.39. The molecule has 1 fully saturated rings. The van der Waals surface area contributed by atoms with Gasteiger partial charge >= 0.3 is 0 Å². The summed E-state index contributed by atoms with van der Waals surface area (Å²) in [5.74, 6) is 0.319. The monoisotopic (exact) mass is 291 g/mol. The van der Waals surface area contributed by atoms with Crippen LogP contribution >= 0.6 is 0 Å². The molecule has 0 aromatic heterocycles. The molecule has 114 valence electrons. The van der Waals surface area contributed by atoms with Gasteiger partial charge in [0.2, 0.25) is 0 Å². The summed E-state index contributed by atoms with van der Waals surface area (Å²) in [6.45, 7) is 5.11. The fraction of sp³-hybridized carbons (Fsp3) is 0.533. The number of rotatable bonds is 3. The van der Waals surface area contributed by atoms with Crippen LogP contribution in [0.5, 0.6) is 0 Å². The lowest BCUT2D eigenvalue weighted by atomic mass is 9.90. The molecule has 0 saturated carbocycles. The van der Waals surface area contributed by atoms with Crippen molar-refractivity contribution in [2.45, 2.75) is 32.7 Å². The van der Waals surface area contributed by atoms with Crippen molar-refractivity contribution in [2.24, 2.45) is 11.7 Å². The quantitative estimate of drug-likeness (QED) is 0.682. The first-order chi connectivity index (χ1) is 9.90. The van der Waals surface area contributed by atoms with Crippen LogP contribution < -0.4 is 5.73 Å². The van der Waals surface area contributed by atoms with Crippen LogP contribution in [0.3, 0.4) is 0 Å². The molecular weight excluding hydrogens is 270 g/mol. The molecule has 1 heterocycles. The number of nitro groups is 1. The van der Waals surface area contributed by atoms with Gasteiger partial charge in [0.05, 0.1) is 4.92 Å². The molecule has 1 aliphatic heterocycles. The summed E-state index contributed by atoms with van der Waals surface area (Å²) in [5, 5.41) is 10.8. The predicted molar refractivity (Wildman–Crippen MR) is 80.1 cm³/mol. The maximum Gasteiger partial charge on any atom is 0.270 e. The maximum atomic E-state index is 12.5. The molecule has 0 radical (unpaired) electrons. The average molecular weight is 291 g/mol. The molecule has 2 N–H and O–H groups in total. The predicted octanol–water partition coefficient (Wildman–Crippen LogP) is 2.10. The summed E-state index contributed by atoms with van der Waals surface area (Å²) < 4.78 is 0. The van der Waals surface area contributed by atoms with Crippen molar-refractivity contribution in [2.75, 3.05) is 13.1 Å². The fourth-order valence-corrected chi connectivity index (χ4v) is 2.75. The van der Waals surface area contributed by atoms with Gasteiger partial charge in [0, 0.05) is 36.8 Å². The van der Waals surface area contributed by atoms with Crippen molar-refractivity contribution in [3.63, 3.8) is 0 Å². The number of nitro benzene ring substituents is 1. The lowest BCUT2D eigenvalue weighted by Gasteiger charge is -2.34. The minimum absolute atomic E-state index is 0.0468. The molecule has 2 rings (SSSR count). The molecule has 0 spiro atoms. The van der Waals surface area contributed by atoms with Crippen molar-refractivity contribution >= 4 is 11.6 Å². The van der Waals surface area contributed by atoms with E-state index in [-0.39, 0.29) is 17.6 Å². The van der Waals surface area contributed by atoms with Crippen LogP contribution in [0.2, 0.25) is 0 Å². The number of non-ortho nitro benzene ring substituents is 1. The zero-order valence-electron chi connectivity index (χ0n) is 12.4. The van der Waals surface area contributed by atoms with Crippen LogP contribution in [0.25, 0.3) is 0 Å².